The molecular formula is C19H21N5O4. The first kappa shape index (κ1) is 18.2. The summed E-state index contributed by atoms with van der Waals surface area (Å²) in [6.07, 6.45) is 1.47. The van der Waals surface area contributed by atoms with Crippen LogP contribution in [0, 0.1) is 0 Å². The molecular weight excluding hydrogens is 362 g/mol. The molecule has 0 unspecified atom stereocenters. The van der Waals surface area contributed by atoms with Crippen molar-refractivity contribution >= 4 is 22.7 Å². The Morgan fingerprint density at radius 2 is 2.14 bits per heavy atom. The van der Waals surface area contributed by atoms with Crippen molar-refractivity contribution in [3.05, 3.63) is 54.0 Å². The Hall–Kier alpha value is -3.17. The fourth-order valence-electron chi connectivity index (χ4n) is 3.28. The number of carbonyl (C=O) groups is 2. The van der Waals surface area contributed by atoms with E-state index in [4.69, 9.17) is 4.74 Å². The minimum atomic E-state index is -1.39. The van der Waals surface area contributed by atoms with E-state index in [9.17, 15) is 14.7 Å². The number of hydrogen-bond acceptors (Lipinski definition) is 5. The van der Waals surface area contributed by atoms with Crippen LogP contribution in [-0.2, 0) is 4.74 Å². The van der Waals surface area contributed by atoms with Crippen LogP contribution in [0.3, 0.4) is 0 Å². The highest BCUT2D eigenvalue weighted by atomic mass is 16.5. The summed E-state index contributed by atoms with van der Waals surface area (Å²) >= 11 is 0. The summed E-state index contributed by atoms with van der Waals surface area (Å²) in [5.41, 5.74) is 0.225. The highest BCUT2D eigenvalue weighted by Gasteiger charge is 2.35. The van der Waals surface area contributed by atoms with Gasteiger partial charge in [0.2, 0.25) is 0 Å². The monoisotopic (exact) mass is 383 g/mol. The van der Waals surface area contributed by atoms with E-state index in [0.29, 0.717) is 24.5 Å². The van der Waals surface area contributed by atoms with Crippen LogP contribution in [0.15, 0.2) is 42.6 Å². The quantitative estimate of drug-likeness (QED) is 0.523. The van der Waals surface area contributed by atoms with Crippen molar-refractivity contribution in [2.24, 2.45) is 0 Å². The van der Waals surface area contributed by atoms with Gasteiger partial charge in [0.1, 0.15) is 17.0 Å². The fourth-order valence-corrected chi connectivity index (χ4v) is 3.28. The third-order valence-corrected chi connectivity index (χ3v) is 4.73. The molecule has 0 aliphatic carbocycles. The minimum Gasteiger partial charge on any atom is -0.384 e. The molecule has 1 aliphatic rings. The van der Waals surface area contributed by atoms with Gasteiger partial charge in [-0.2, -0.15) is 5.10 Å². The fraction of sp³-hybridized carbons (Fsp3) is 0.316. The number of carbonyl (C=O) groups excluding carboxylic acids is 2. The first-order valence-corrected chi connectivity index (χ1v) is 8.99. The van der Waals surface area contributed by atoms with Gasteiger partial charge in [0.15, 0.2) is 0 Å². The smallest absolute Gasteiger partial charge is 0.270 e. The lowest BCUT2D eigenvalue weighted by Crippen LogP contribution is -2.53. The van der Waals surface area contributed by atoms with Crippen molar-refractivity contribution in [3.63, 3.8) is 0 Å². The number of β-amino-alcohol motifs (C(OH)–C–C–N with tert-alkyl or cyclic N) is 1. The summed E-state index contributed by atoms with van der Waals surface area (Å²) in [7, 11) is 0. The van der Waals surface area contributed by atoms with Gasteiger partial charge in [-0.25, -0.2) is 0 Å². The average molecular weight is 383 g/mol. The molecule has 1 atom stereocenters. The van der Waals surface area contributed by atoms with Crippen molar-refractivity contribution in [1.29, 1.82) is 0 Å². The Morgan fingerprint density at radius 3 is 2.93 bits per heavy atom. The van der Waals surface area contributed by atoms with Gasteiger partial charge >= 0.3 is 0 Å². The van der Waals surface area contributed by atoms with E-state index >= 15 is 0 Å². The van der Waals surface area contributed by atoms with Gasteiger partial charge in [-0.1, -0.05) is 18.2 Å². The number of amides is 2. The lowest BCUT2D eigenvalue weighted by atomic mass is 10.0. The summed E-state index contributed by atoms with van der Waals surface area (Å²) < 4.78 is 5.48. The van der Waals surface area contributed by atoms with Crippen LogP contribution in [0.1, 0.15) is 21.0 Å². The van der Waals surface area contributed by atoms with Crippen molar-refractivity contribution < 1.29 is 19.4 Å². The van der Waals surface area contributed by atoms with Gasteiger partial charge in [-0.3, -0.25) is 14.7 Å². The maximum Gasteiger partial charge on any atom is 0.270 e. The van der Waals surface area contributed by atoms with Gasteiger partial charge in [0, 0.05) is 23.6 Å². The molecule has 1 aromatic carbocycles. The zero-order chi connectivity index (χ0) is 19.6. The van der Waals surface area contributed by atoms with Gasteiger partial charge in [0.05, 0.1) is 26.3 Å². The predicted octanol–water partition coefficient (Wildman–Crippen LogP) is 0.524. The molecule has 0 bridgehead atoms. The Kier molecular flexibility index (Phi) is 4.84. The van der Waals surface area contributed by atoms with E-state index < -0.39 is 5.60 Å². The SMILES string of the molecule is O=C(NC[C@]1(O)COCCN(C(=O)c2cc3ccccc3[nH]2)C1)c1ccn[nH]1. The Labute approximate surface area is 160 Å². The molecule has 2 amide bonds. The Bertz CT molecular complexity index is 950. The highest BCUT2D eigenvalue weighted by Crippen LogP contribution is 2.19. The summed E-state index contributed by atoms with van der Waals surface area (Å²) in [6.45, 7) is 0.673. The van der Waals surface area contributed by atoms with Crippen LogP contribution in [0.25, 0.3) is 10.9 Å². The van der Waals surface area contributed by atoms with Crippen LogP contribution in [0.5, 0.6) is 0 Å². The molecule has 1 saturated heterocycles. The molecule has 4 N–H and O–H groups in total. The molecule has 3 aromatic rings. The van der Waals surface area contributed by atoms with E-state index in [1.807, 2.05) is 24.3 Å². The van der Waals surface area contributed by atoms with E-state index in [1.165, 1.54) is 12.3 Å². The maximum absolute atomic E-state index is 13.0. The maximum atomic E-state index is 13.0. The second-order valence-corrected chi connectivity index (χ2v) is 6.93. The number of fused-ring (bicyclic) bond motifs is 1. The van der Waals surface area contributed by atoms with Crippen LogP contribution in [0.4, 0.5) is 0 Å². The van der Waals surface area contributed by atoms with Crippen LogP contribution in [0.2, 0.25) is 0 Å². The van der Waals surface area contributed by atoms with E-state index in [-0.39, 0.29) is 31.5 Å². The zero-order valence-corrected chi connectivity index (χ0v) is 15.1. The van der Waals surface area contributed by atoms with Gasteiger partial charge < -0.3 is 25.0 Å². The Balaban J connectivity index is 1.46. The van der Waals surface area contributed by atoms with Crippen molar-refractivity contribution in [2.45, 2.75) is 5.60 Å². The lowest BCUT2D eigenvalue weighted by Gasteiger charge is -2.30. The first-order chi connectivity index (χ1) is 13.5. The molecule has 146 valence electrons. The normalized spacial score (nSPS) is 20.1. The zero-order valence-electron chi connectivity index (χ0n) is 15.1. The standard InChI is InChI=1S/C19H21N5O4/c25-17(15-5-6-21-23-15)20-10-19(27)11-24(7-8-28-12-19)18(26)16-9-13-3-1-2-4-14(13)22-16/h1-6,9,22,27H,7-8,10-12H2,(H,20,25)(H,21,23)/t19-/m1/s1. The van der Waals surface area contributed by atoms with Crippen molar-refractivity contribution in [3.8, 4) is 0 Å². The number of benzene rings is 1. The number of nitrogens with one attached hydrogen (secondary N) is 3. The molecule has 28 heavy (non-hydrogen) atoms. The third-order valence-electron chi connectivity index (χ3n) is 4.73. The second kappa shape index (κ2) is 7.45. The average Bonchev–Trinajstić information content (AvgIpc) is 3.34. The van der Waals surface area contributed by atoms with Gasteiger partial charge in [-0.15, -0.1) is 0 Å². The number of para-hydroxylation sites is 1. The second-order valence-electron chi connectivity index (χ2n) is 6.93. The number of aromatic nitrogens is 3. The molecule has 9 heteroatoms. The molecule has 3 heterocycles. The summed E-state index contributed by atoms with van der Waals surface area (Å²) in [6, 6.07) is 11.0. The van der Waals surface area contributed by atoms with Crippen LogP contribution in [-0.4, -0.2) is 75.5 Å². The molecule has 0 spiro atoms. The first-order valence-electron chi connectivity index (χ1n) is 8.99. The number of nitrogens with zero attached hydrogens (tertiary/aromatic N) is 2. The molecule has 1 fully saturated rings. The summed E-state index contributed by atoms with van der Waals surface area (Å²) in [5, 5.41) is 20.8. The molecule has 1 aliphatic heterocycles. The van der Waals surface area contributed by atoms with Gasteiger partial charge in [0.25, 0.3) is 11.8 Å². The number of aliphatic hydroxyl groups is 1. The third kappa shape index (κ3) is 3.75. The molecule has 9 nitrogen and oxygen atoms in total. The van der Waals surface area contributed by atoms with E-state index in [0.717, 1.165) is 10.9 Å². The Morgan fingerprint density at radius 1 is 1.29 bits per heavy atom. The van der Waals surface area contributed by atoms with E-state index in [1.54, 1.807) is 11.0 Å². The minimum absolute atomic E-state index is 0.0206. The number of hydrogen-bond donors (Lipinski definition) is 4. The van der Waals surface area contributed by atoms with Crippen molar-refractivity contribution in [1.82, 2.24) is 25.4 Å². The summed E-state index contributed by atoms with van der Waals surface area (Å²) in [5.74, 6) is -0.608. The highest BCUT2D eigenvalue weighted by molar-refractivity contribution is 5.98. The lowest BCUT2D eigenvalue weighted by molar-refractivity contribution is -0.0324. The van der Waals surface area contributed by atoms with Gasteiger partial charge in [-0.05, 0) is 18.2 Å². The molecule has 0 saturated carbocycles. The number of rotatable bonds is 4. The van der Waals surface area contributed by atoms with Crippen molar-refractivity contribution in [2.75, 3.05) is 32.8 Å². The number of ether oxygens (including phenoxy) is 1. The molecule has 2 aromatic heterocycles. The molecule has 4 rings (SSSR count). The van der Waals surface area contributed by atoms with E-state index in [2.05, 4.69) is 20.5 Å². The van der Waals surface area contributed by atoms with Crippen LogP contribution < -0.4 is 5.32 Å². The summed E-state index contributed by atoms with van der Waals surface area (Å²) in [4.78, 5) is 29.7. The number of aromatic amines is 2. The largest absolute Gasteiger partial charge is 0.384 e. The number of H-pyrrole nitrogens is 2. The predicted molar refractivity (Wildman–Crippen MR) is 101 cm³/mol. The van der Waals surface area contributed by atoms with Crippen LogP contribution >= 0.6 is 0 Å². The molecule has 0 radical (unpaired) electrons. The topological polar surface area (TPSA) is 123 Å².